The molecule has 19 heavy (non-hydrogen) atoms. The van der Waals surface area contributed by atoms with Gasteiger partial charge in [-0.1, -0.05) is 5.16 Å². The van der Waals surface area contributed by atoms with Crippen molar-refractivity contribution in [3.05, 3.63) is 46.6 Å². The number of rotatable bonds is 4. The number of aryl methyl sites for hydroxylation is 1. The summed E-state index contributed by atoms with van der Waals surface area (Å²) in [6, 6.07) is 3.68. The Morgan fingerprint density at radius 1 is 1.32 bits per heavy atom. The molecule has 5 nitrogen and oxygen atoms in total. The molecule has 1 aromatic heterocycles. The molecule has 0 amide bonds. The van der Waals surface area contributed by atoms with Crippen molar-refractivity contribution >= 4 is 0 Å². The van der Waals surface area contributed by atoms with Crippen molar-refractivity contribution in [1.29, 1.82) is 5.26 Å². The fraction of sp³-hybridized carbons (Fsp3) is 0.250. The molecule has 0 saturated heterocycles. The van der Waals surface area contributed by atoms with Crippen LogP contribution in [0.3, 0.4) is 0 Å². The summed E-state index contributed by atoms with van der Waals surface area (Å²) in [4.78, 5) is 3.94. The van der Waals surface area contributed by atoms with Gasteiger partial charge in [-0.2, -0.15) is 10.2 Å². The summed E-state index contributed by atoms with van der Waals surface area (Å²) in [7, 11) is 0. The second-order valence-corrected chi connectivity index (χ2v) is 3.87. The molecule has 0 aliphatic rings. The fourth-order valence-corrected chi connectivity index (χ4v) is 1.54. The highest BCUT2D eigenvalue weighted by Crippen LogP contribution is 2.15. The number of nitrogens with zero attached hydrogens (tertiary/aromatic N) is 3. The van der Waals surface area contributed by atoms with Crippen LogP contribution >= 0.6 is 0 Å². The van der Waals surface area contributed by atoms with Gasteiger partial charge in [0.05, 0.1) is 18.2 Å². The van der Waals surface area contributed by atoms with Crippen molar-refractivity contribution in [2.45, 2.75) is 20.0 Å². The molecule has 0 unspecified atom stereocenters. The minimum absolute atomic E-state index is 0.0369. The second-order valence-electron chi connectivity index (χ2n) is 3.87. The molecule has 0 saturated carbocycles. The van der Waals surface area contributed by atoms with E-state index in [1.54, 1.807) is 13.0 Å². The van der Waals surface area contributed by atoms with Crippen LogP contribution in [0, 0.1) is 29.9 Å². The lowest BCUT2D eigenvalue weighted by Gasteiger charge is -2.05. The minimum Gasteiger partial charge on any atom is -0.338 e. The number of benzene rings is 1. The average Bonchev–Trinajstić information content (AvgIpc) is 2.78. The Morgan fingerprint density at radius 2 is 2.00 bits per heavy atom. The molecule has 1 aromatic carbocycles. The van der Waals surface area contributed by atoms with Gasteiger partial charge in [-0.15, -0.1) is 0 Å². The third kappa shape index (κ3) is 3.11. The van der Waals surface area contributed by atoms with Gasteiger partial charge in [0.2, 0.25) is 5.89 Å². The summed E-state index contributed by atoms with van der Waals surface area (Å²) in [5.41, 5.74) is -0.179. The van der Waals surface area contributed by atoms with E-state index in [9.17, 15) is 8.78 Å². The van der Waals surface area contributed by atoms with Gasteiger partial charge in [0.25, 0.3) is 0 Å². The van der Waals surface area contributed by atoms with Crippen LogP contribution in [0.5, 0.6) is 0 Å². The van der Waals surface area contributed by atoms with Crippen molar-refractivity contribution in [3.8, 4) is 6.07 Å². The number of nitrogens with one attached hydrogen (secondary N) is 1. The molecular formula is C12H10F2N4O. The topological polar surface area (TPSA) is 74.7 Å². The summed E-state index contributed by atoms with van der Waals surface area (Å²) in [5, 5.41) is 15.0. The molecule has 0 fully saturated rings. The summed E-state index contributed by atoms with van der Waals surface area (Å²) < 4.78 is 31.9. The summed E-state index contributed by atoms with van der Waals surface area (Å²) in [6.07, 6.45) is 0. The highest BCUT2D eigenvalue weighted by atomic mass is 19.1. The molecule has 1 heterocycles. The SMILES string of the molecule is Cc1noc(CNCc2c(F)cc(C#N)cc2F)n1. The predicted molar refractivity (Wildman–Crippen MR) is 60.7 cm³/mol. The van der Waals surface area contributed by atoms with Gasteiger partial charge in [-0.3, -0.25) is 0 Å². The maximum atomic E-state index is 13.5. The minimum atomic E-state index is -0.759. The van der Waals surface area contributed by atoms with Gasteiger partial charge < -0.3 is 9.84 Å². The van der Waals surface area contributed by atoms with Gasteiger partial charge in [-0.25, -0.2) is 8.78 Å². The van der Waals surface area contributed by atoms with E-state index in [1.165, 1.54) is 0 Å². The Morgan fingerprint density at radius 3 is 2.53 bits per heavy atom. The van der Waals surface area contributed by atoms with Crippen LogP contribution in [0.15, 0.2) is 16.7 Å². The molecular weight excluding hydrogens is 254 g/mol. The maximum absolute atomic E-state index is 13.5. The van der Waals surface area contributed by atoms with Gasteiger partial charge in [-0.05, 0) is 19.1 Å². The molecule has 0 bridgehead atoms. The second kappa shape index (κ2) is 5.54. The molecule has 0 aliphatic carbocycles. The van der Waals surface area contributed by atoms with Crippen molar-refractivity contribution in [2.75, 3.05) is 0 Å². The summed E-state index contributed by atoms with van der Waals surface area (Å²) in [5.74, 6) is -0.684. The first-order valence-corrected chi connectivity index (χ1v) is 5.48. The molecule has 1 N–H and O–H groups in total. The number of hydrogen-bond acceptors (Lipinski definition) is 5. The van der Waals surface area contributed by atoms with E-state index in [1.807, 2.05) is 0 Å². The largest absolute Gasteiger partial charge is 0.338 e. The standard InChI is InChI=1S/C12H10F2N4O/c1-7-17-12(19-18-7)6-16-5-9-10(13)2-8(4-15)3-11(9)14/h2-3,16H,5-6H2,1H3. The number of aromatic nitrogens is 2. The first kappa shape index (κ1) is 13.1. The van der Waals surface area contributed by atoms with E-state index in [2.05, 4.69) is 15.5 Å². The molecule has 2 rings (SSSR count). The Kier molecular flexibility index (Phi) is 3.82. The Balaban J connectivity index is 2.02. The average molecular weight is 264 g/mol. The summed E-state index contributed by atoms with van der Waals surface area (Å²) >= 11 is 0. The third-order valence-electron chi connectivity index (χ3n) is 2.42. The van der Waals surface area contributed by atoms with E-state index in [-0.39, 0.29) is 24.2 Å². The van der Waals surface area contributed by atoms with Crippen molar-refractivity contribution in [3.63, 3.8) is 0 Å². The number of hydrogen-bond donors (Lipinski definition) is 1. The van der Waals surface area contributed by atoms with Crippen LogP contribution in [-0.4, -0.2) is 10.1 Å². The van der Waals surface area contributed by atoms with E-state index >= 15 is 0 Å². The normalized spacial score (nSPS) is 10.4. The van der Waals surface area contributed by atoms with Gasteiger partial charge in [0, 0.05) is 12.1 Å². The van der Waals surface area contributed by atoms with E-state index in [4.69, 9.17) is 9.78 Å². The molecule has 0 radical (unpaired) electrons. The molecule has 98 valence electrons. The highest BCUT2D eigenvalue weighted by Gasteiger charge is 2.11. The molecule has 2 aromatic rings. The smallest absolute Gasteiger partial charge is 0.240 e. The zero-order chi connectivity index (χ0) is 13.8. The Hall–Kier alpha value is -2.33. The molecule has 0 atom stereocenters. The zero-order valence-electron chi connectivity index (χ0n) is 10.1. The number of nitriles is 1. The van der Waals surface area contributed by atoms with Crippen LogP contribution in [-0.2, 0) is 13.1 Å². The zero-order valence-corrected chi connectivity index (χ0v) is 10.1. The molecule has 0 aliphatic heterocycles. The quantitative estimate of drug-likeness (QED) is 0.911. The van der Waals surface area contributed by atoms with Crippen LogP contribution in [0.25, 0.3) is 0 Å². The first-order chi connectivity index (χ1) is 9.10. The molecule has 7 heteroatoms. The van der Waals surface area contributed by atoms with E-state index in [0.717, 1.165) is 12.1 Å². The first-order valence-electron chi connectivity index (χ1n) is 5.48. The van der Waals surface area contributed by atoms with Crippen LogP contribution in [0.4, 0.5) is 8.78 Å². The van der Waals surface area contributed by atoms with Crippen LogP contribution in [0.2, 0.25) is 0 Å². The van der Waals surface area contributed by atoms with E-state index < -0.39 is 11.6 Å². The van der Waals surface area contributed by atoms with Gasteiger partial charge in [0.1, 0.15) is 11.6 Å². The van der Waals surface area contributed by atoms with E-state index in [0.29, 0.717) is 11.7 Å². The Bertz CT molecular complexity index is 610. The maximum Gasteiger partial charge on any atom is 0.240 e. The van der Waals surface area contributed by atoms with Gasteiger partial charge in [0.15, 0.2) is 5.82 Å². The van der Waals surface area contributed by atoms with Crippen molar-refractivity contribution < 1.29 is 13.3 Å². The van der Waals surface area contributed by atoms with Crippen molar-refractivity contribution in [2.24, 2.45) is 0 Å². The number of halogens is 2. The van der Waals surface area contributed by atoms with Gasteiger partial charge >= 0.3 is 0 Å². The molecule has 0 spiro atoms. The van der Waals surface area contributed by atoms with Crippen molar-refractivity contribution in [1.82, 2.24) is 15.5 Å². The lowest BCUT2D eigenvalue weighted by Crippen LogP contribution is -2.15. The lowest BCUT2D eigenvalue weighted by atomic mass is 10.1. The lowest BCUT2D eigenvalue weighted by molar-refractivity contribution is 0.363. The summed E-state index contributed by atoms with van der Waals surface area (Å²) in [6.45, 7) is 1.84. The van der Waals surface area contributed by atoms with Crippen LogP contribution in [0.1, 0.15) is 22.8 Å². The Labute approximate surface area is 107 Å². The highest BCUT2D eigenvalue weighted by molar-refractivity contribution is 5.34. The predicted octanol–water partition coefficient (Wildman–Crippen LogP) is 1.82. The fourth-order valence-electron chi connectivity index (χ4n) is 1.54. The monoisotopic (exact) mass is 264 g/mol. The van der Waals surface area contributed by atoms with Crippen LogP contribution < -0.4 is 5.32 Å². The third-order valence-corrected chi connectivity index (χ3v) is 2.42.